The summed E-state index contributed by atoms with van der Waals surface area (Å²) in [5.41, 5.74) is 2.09. The van der Waals surface area contributed by atoms with E-state index in [0.29, 0.717) is 6.61 Å². The molecular formula is C12H13NO2. The molecule has 1 aromatic heterocycles. The van der Waals surface area contributed by atoms with Gasteiger partial charge in [-0.3, -0.25) is 0 Å². The van der Waals surface area contributed by atoms with Gasteiger partial charge in [0.25, 0.3) is 0 Å². The van der Waals surface area contributed by atoms with Crippen LogP contribution in [0, 0.1) is 13.8 Å². The van der Waals surface area contributed by atoms with Crippen LogP contribution in [-0.2, 0) is 6.61 Å². The number of hydrogen-bond donors (Lipinski definition) is 0. The summed E-state index contributed by atoms with van der Waals surface area (Å²) < 4.78 is 10.6. The number of hydrogen-bond acceptors (Lipinski definition) is 3. The molecule has 0 aliphatic rings. The van der Waals surface area contributed by atoms with Crippen molar-refractivity contribution < 1.29 is 9.26 Å². The highest BCUT2D eigenvalue weighted by atomic mass is 16.5. The summed E-state index contributed by atoms with van der Waals surface area (Å²) in [6, 6.07) is 9.78. The minimum atomic E-state index is 0.421. The second-order valence-corrected chi connectivity index (χ2v) is 3.54. The molecule has 0 atom stereocenters. The molecule has 0 amide bonds. The molecule has 0 bridgehead atoms. The molecule has 0 unspecified atom stereocenters. The van der Waals surface area contributed by atoms with Crippen molar-refractivity contribution in [1.29, 1.82) is 0 Å². The van der Waals surface area contributed by atoms with Crippen molar-refractivity contribution in [2.75, 3.05) is 0 Å². The first-order valence-electron chi connectivity index (χ1n) is 4.86. The van der Waals surface area contributed by atoms with Crippen molar-refractivity contribution in [2.45, 2.75) is 20.5 Å². The average molecular weight is 203 g/mol. The molecule has 3 nitrogen and oxygen atoms in total. The lowest BCUT2D eigenvalue weighted by Gasteiger charge is -2.03. The Bertz CT molecular complexity index is 431. The largest absolute Gasteiger partial charge is 0.486 e. The van der Waals surface area contributed by atoms with Gasteiger partial charge in [0.2, 0.25) is 0 Å². The molecule has 0 saturated heterocycles. The third-order valence-electron chi connectivity index (χ3n) is 2.08. The summed E-state index contributed by atoms with van der Waals surface area (Å²) >= 11 is 0. The Morgan fingerprint density at radius 2 is 1.93 bits per heavy atom. The first-order valence-corrected chi connectivity index (χ1v) is 4.86. The molecule has 78 valence electrons. The zero-order chi connectivity index (χ0) is 10.7. The fraction of sp³-hybridized carbons (Fsp3) is 0.250. The van der Waals surface area contributed by atoms with Gasteiger partial charge in [-0.05, 0) is 26.0 Å². The van der Waals surface area contributed by atoms with Gasteiger partial charge in [-0.25, -0.2) is 0 Å². The summed E-state index contributed by atoms with van der Waals surface area (Å²) in [4.78, 5) is 0. The van der Waals surface area contributed by atoms with Crippen molar-refractivity contribution >= 4 is 0 Å². The van der Waals surface area contributed by atoms with Crippen molar-refractivity contribution in [3.8, 4) is 5.75 Å². The van der Waals surface area contributed by atoms with E-state index in [1.165, 1.54) is 5.56 Å². The summed E-state index contributed by atoms with van der Waals surface area (Å²) in [6.07, 6.45) is 0. The maximum absolute atomic E-state index is 5.53. The highest BCUT2D eigenvalue weighted by Gasteiger charge is 2.01. The predicted molar refractivity (Wildman–Crippen MR) is 56.8 cm³/mol. The molecule has 0 N–H and O–H groups in total. The van der Waals surface area contributed by atoms with Crippen LogP contribution in [0.4, 0.5) is 0 Å². The molecule has 1 aromatic carbocycles. The number of ether oxygens (including phenoxy) is 1. The van der Waals surface area contributed by atoms with Crippen molar-refractivity contribution in [2.24, 2.45) is 0 Å². The Morgan fingerprint density at radius 3 is 2.53 bits per heavy atom. The molecule has 0 fully saturated rings. The van der Waals surface area contributed by atoms with Gasteiger partial charge in [0.15, 0.2) is 5.76 Å². The molecule has 0 aliphatic carbocycles. The monoisotopic (exact) mass is 203 g/mol. The maximum atomic E-state index is 5.53. The lowest BCUT2D eigenvalue weighted by molar-refractivity contribution is 0.249. The van der Waals surface area contributed by atoms with Gasteiger partial charge in [0, 0.05) is 6.07 Å². The Morgan fingerprint density at radius 1 is 1.20 bits per heavy atom. The third kappa shape index (κ3) is 2.59. The van der Waals surface area contributed by atoms with Crippen LogP contribution in [0.15, 0.2) is 34.9 Å². The minimum absolute atomic E-state index is 0.421. The Kier molecular flexibility index (Phi) is 2.72. The highest BCUT2D eigenvalue weighted by molar-refractivity contribution is 5.26. The Labute approximate surface area is 88.7 Å². The highest BCUT2D eigenvalue weighted by Crippen LogP contribution is 2.13. The number of aryl methyl sites for hydroxylation is 2. The van der Waals surface area contributed by atoms with Gasteiger partial charge in [0.05, 0.1) is 5.69 Å². The second kappa shape index (κ2) is 4.17. The average Bonchev–Trinajstić information content (AvgIpc) is 2.64. The van der Waals surface area contributed by atoms with Crippen LogP contribution in [0.2, 0.25) is 0 Å². The molecule has 15 heavy (non-hydrogen) atoms. The van der Waals surface area contributed by atoms with E-state index in [2.05, 4.69) is 5.16 Å². The Hall–Kier alpha value is -1.77. The number of benzene rings is 1. The SMILES string of the molecule is Cc1ccc(OCc2cc(C)no2)cc1. The molecular weight excluding hydrogens is 190 g/mol. The number of rotatable bonds is 3. The number of aromatic nitrogens is 1. The summed E-state index contributed by atoms with van der Waals surface area (Å²) in [5.74, 6) is 1.59. The molecule has 3 heteroatoms. The second-order valence-electron chi connectivity index (χ2n) is 3.54. The zero-order valence-corrected chi connectivity index (χ0v) is 8.86. The zero-order valence-electron chi connectivity index (χ0n) is 8.86. The van der Waals surface area contributed by atoms with Crippen LogP contribution in [0.3, 0.4) is 0 Å². The van der Waals surface area contributed by atoms with Gasteiger partial charge in [-0.2, -0.15) is 0 Å². The first kappa shape index (κ1) is 9.77. The van der Waals surface area contributed by atoms with Crippen molar-refractivity contribution in [3.05, 3.63) is 47.3 Å². The van der Waals surface area contributed by atoms with E-state index in [9.17, 15) is 0 Å². The Balaban J connectivity index is 1.96. The summed E-state index contributed by atoms with van der Waals surface area (Å²) in [7, 11) is 0. The summed E-state index contributed by atoms with van der Waals surface area (Å²) in [5, 5.41) is 3.79. The lowest BCUT2D eigenvalue weighted by atomic mass is 10.2. The van der Waals surface area contributed by atoms with E-state index in [4.69, 9.17) is 9.26 Å². The number of nitrogens with zero attached hydrogens (tertiary/aromatic N) is 1. The van der Waals surface area contributed by atoms with E-state index < -0.39 is 0 Å². The molecule has 0 radical (unpaired) electrons. The molecule has 0 spiro atoms. The quantitative estimate of drug-likeness (QED) is 0.769. The van der Waals surface area contributed by atoms with E-state index in [1.807, 2.05) is 44.2 Å². The van der Waals surface area contributed by atoms with Crippen LogP contribution in [-0.4, -0.2) is 5.16 Å². The first-order chi connectivity index (χ1) is 7.24. The van der Waals surface area contributed by atoms with Crippen molar-refractivity contribution in [1.82, 2.24) is 5.16 Å². The van der Waals surface area contributed by atoms with Crippen LogP contribution < -0.4 is 4.74 Å². The fourth-order valence-corrected chi connectivity index (χ4v) is 1.27. The minimum Gasteiger partial charge on any atom is -0.486 e. The molecule has 0 aliphatic heterocycles. The van der Waals surface area contributed by atoms with Gasteiger partial charge in [0.1, 0.15) is 12.4 Å². The normalized spacial score (nSPS) is 10.3. The van der Waals surface area contributed by atoms with Crippen LogP contribution in [0.5, 0.6) is 5.75 Å². The maximum Gasteiger partial charge on any atom is 0.174 e. The molecule has 2 aromatic rings. The van der Waals surface area contributed by atoms with E-state index in [-0.39, 0.29) is 0 Å². The topological polar surface area (TPSA) is 35.3 Å². The van der Waals surface area contributed by atoms with Gasteiger partial charge < -0.3 is 9.26 Å². The smallest absolute Gasteiger partial charge is 0.174 e. The lowest BCUT2D eigenvalue weighted by Crippen LogP contribution is -1.93. The van der Waals surface area contributed by atoms with Crippen LogP contribution >= 0.6 is 0 Å². The van der Waals surface area contributed by atoms with E-state index >= 15 is 0 Å². The van der Waals surface area contributed by atoms with Gasteiger partial charge in [-0.1, -0.05) is 22.9 Å². The van der Waals surface area contributed by atoms with E-state index in [0.717, 1.165) is 17.2 Å². The molecule has 2 rings (SSSR count). The van der Waals surface area contributed by atoms with Gasteiger partial charge in [-0.15, -0.1) is 0 Å². The fourth-order valence-electron chi connectivity index (χ4n) is 1.27. The van der Waals surface area contributed by atoms with Crippen LogP contribution in [0.1, 0.15) is 17.0 Å². The molecule has 0 saturated carbocycles. The summed E-state index contributed by atoms with van der Waals surface area (Å²) in [6.45, 7) is 4.35. The van der Waals surface area contributed by atoms with Gasteiger partial charge >= 0.3 is 0 Å². The molecule has 1 heterocycles. The predicted octanol–water partition coefficient (Wildman–Crippen LogP) is 2.87. The third-order valence-corrected chi connectivity index (χ3v) is 2.08. The van der Waals surface area contributed by atoms with Crippen molar-refractivity contribution in [3.63, 3.8) is 0 Å². The van der Waals surface area contributed by atoms with Crippen LogP contribution in [0.25, 0.3) is 0 Å². The standard InChI is InChI=1S/C12H13NO2/c1-9-3-5-11(6-4-9)14-8-12-7-10(2)13-15-12/h3-7H,8H2,1-2H3. The van der Waals surface area contributed by atoms with E-state index in [1.54, 1.807) is 0 Å².